The van der Waals surface area contributed by atoms with Crippen molar-refractivity contribution in [3.63, 3.8) is 0 Å². The van der Waals surface area contributed by atoms with Gasteiger partial charge in [0, 0.05) is 6.54 Å². The molecule has 6 N–H and O–H groups in total. The number of hydrogen-bond acceptors (Lipinski definition) is 6. The summed E-state index contributed by atoms with van der Waals surface area (Å²) in [5.74, 6) is -0.0731. The number of aliphatic hydroxyl groups is 1. The molecule has 1 aliphatic heterocycles. The Morgan fingerprint density at radius 3 is 2.38 bits per heavy atom. The number of aliphatic hydroxyl groups excluding tert-OH is 1. The van der Waals surface area contributed by atoms with Crippen molar-refractivity contribution in [2.75, 3.05) is 19.6 Å². The molecule has 0 bridgehead atoms. The van der Waals surface area contributed by atoms with Gasteiger partial charge in [0.05, 0.1) is 18.1 Å². The number of piperidine rings is 1. The Hall–Kier alpha value is -1.51. The van der Waals surface area contributed by atoms with Crippen molar-refractivity contribution in [1.29, 1.82) is 0 Å². The third kappa shape index (κ3) is 7.04. The third-order valence-corrected chi connectivity index (χ3v) is 6.40. The minimum absolute atomic E-state index is 0.203. The lowest BCUT2D eigenvalue weighted by atomic mass is 9.74. The second-order valence-electron chi connectivity index (χ2n) is 8.73. The van der Waals surface area contributed by atoms with Crippen LogP contribution in [0.2, 0.25) is 0 Å². The van der Waals surface area contributed by atoms with Gasteiger partial charge in [-0.2, -0.15) is 0 Å². The lowest BCUT2D eigenvalue weighted by Gasteiger charge is -2.37. The van der Waals surface area contributed by atoms with Crippen LogP contribution in [-0.4, -0.2) is 60.5 Å². The Morgan fingerprint density at radius 2 is 1.79 bits per heavy atom. The number of nitrogens with two attached hydrogens (primary N) is 1. The topological polar surface area (TPSA) is 134 Å². The lowest BCUT2D eigenvalue weighted by Crippen LogP contribution is -2.57. The molecule has 2 rings (SSSR count). The molecule has 166 valence electrons. The molecular formula is C21H38N4O4. The van der Waals surface area contributed by atoms with Crippen LogP contribution in [0.4, 0.5) is 0 Å². The molecule has 1 unspecified atom stereocenters. The Labute approximate surface area is 173 Å². The maximum absolute atomic E-state index is 12.9. The maximum atomic E-state index is 12.9. The van der Waals surface area contributed by atoms with Gasteiger partial charge in [0.15, 0.2) is 5.78 Å². The van der Waals surface area contributed by atoms with Gasteiger partial charge in [0.1, 0.15) is 6.04 Å². The van der Waals surface area contributed by atoms with Gasteiger partial charge in [-0.15, -0.1) is 0 Å². The molecule has 1 saturated carbocycles. The summed E-state index contributed by atoms with van der Waals surface area (Å²) in [6, 6.07) is -1.81. The first-order valence-corrected chi connectivity index (χ1v) is 11.0. The van der Waals surface area contributed by atoms with Gasteiger partial charge >= 0.3 is 0 Å². The maximum Gasteiger partial charge on any atom is 0.245 e. The fraction of sp³-hybridized carbons (Fsp3) is 0.857. The summed E-state index contributed by atoms with van der Waals surface area (Å²) in [7, 11) is 0. The number of carbonyl (C=O) groups excluding carboxylic acids is 3. The number of Topliss-reactive ketones (excluding diaryl/α,β-unsaturated/α-hetero) is 1. The van der Waals surface area contributed by atoms with Crippen LogP contribution in [-0.2, 0) is 14.4 Å². The van der Waals surface area contributed by atoms with Crippen molar-refractivity contribution in [3.8, 4) is 0 Å². The summed E-state index contributed by atoms with van der Waals surface area (Å²) in [4.78, 5) is 37.2. The van der Waals surface area contributed by atoms with E-state index in [1.54, 1.807) is 0 Å². The van der Waals surface area contributed by atoms with E-state index < -0.39 is 24.1 Å². The number of ketones is 1. The van der Waals surface area contributed by atoms with Gasteiger partial charge in [-0.3, -0.25) is 14.4 Å². The summed E-state index contributed by atoms with van der Waals surface area (Å²) in [6.45, 7) is 4.61. The number of carbonyl (C=O) groups is 3. The molecule has 2 amide bonds. The Morgan fingerprint density at radius 1 is 1.10 bits per heavy atom. The molecule has 1 aliphatic carbocycles. The van der Waals surface area contributed by atoms with Gasteiger partial charge in [0.25, 0.3) is 0 Å². The van der Waals surface area contributed by atoms with E-state index >= 15 is 0 Å². The van der Waals surface area contributed by atoms with E-state index in [0.717, 1.165) is 13.0 Å². The molecule has 8 heteroatoms. The zero-order chi connectivity index (χ0) is 21.4. The van der Waals surface area contributed by atoms with E-state index in [0.29, 0.717) is 24.8 Å². The first kappa shape index (κ1) is 23.8. The summed E-state index contributed by atoms with van der Waals surface area (Å²) in [5.41, 5.74) is 5.50. The molecule has 0 aromatic rings. The smallest absolute Gasteiger partial charge is 0.245 e. The quantitative estimate of drug-likeness (QED) is 0.366. The average molecular weight is 411 g/mol. The Balaban J connectivity index is 1.95. The zero-order valence-corrected chi connectivity index (χ0v) is 17.8. The molecule has 8 nitrogen and oxygen atoms in total. The molecule has 0 aromatic carbocycles. The van der Waals surface area contributed by atoms with E-state index in [9.17, 15) is 19.5 Å². The van der Waals surface area contributed by atoms with Crippen molar-refractivity contribution >= 4 is 17.6 Å². The normalized spacial score (nSPS) is 26.2. The summed E-state index contributed by atoms with van der Waals surface area (Å²) >= 11 is 0. The molecule has 1 heterocycles. The van der Waals surface area contributed by atoms with Gasteiger partial charge in [-0.25, -0.2) is 0 Å². The predicted molar refractivity (Wildman–Crippen MR) is 111 cm³/mol. The molecule has 2 fully saturated rings. The SMILES string of the molecule is CC(=O)[C@H](CCN)NC(=O)[C@@H](NC(=O)[C@@H]1CNCC(C2CCCCC2)C1)[C@H](C)O. The van der Waals surface area contributed by atoms with Gasteiger partial charge in [-0.1, -0.05) is 32.1 Å². The summed E-state index contributed by atoms with van der Waals surface area (Å²) in [6.07, 6.45) is 6.34. The van der Waals surface area contributed by atoms with Crippen molar-refractivity contribution in [3.05, 3.63) is 0 Å². The minimum Gasteiger partial charge on any atom is -0.391 e. The number of hydrogen-bond donors (Lipinski definition) is 5. The van der Waals surface area contributed by atoms with Crippen LogP contribution in [0.25, 0.3) is 0 Å². The van der Waals surface area contributed by atoms with E-state index in [-0.39, 0.29) is 24.2 Å². The molecule has 29 heavy (non-hydrogen) atoms. The highest BCUT2D eigenvalue weighted by molar-refractivity contribution is 5.92. The molecule has 0 spiro atoms. The lowest BCUT2D eigenvalue weighted by molar-refractivity contribution is -0.135. The van der Waals surface area contributed by atoms with Gasteiger partial charge in [0.2, 0.25) is 11.8 Å². The Kier molecular flexibility index (Phi) is 9.52. The first-order valence-electron chi connectivity index (χ1n) is 11.0. The number of rotatable bonds is 9. The number of amides is 2. The van der Waals surface area contributed by atoms with E-state index in [2.05, 4.69) is 16.0 Å². The van der Waals surface area contributed by atoms with Crippen LogP contribution in [0.1, 0.15) is 58.8 Å². The second-order valence-corrected chi connectivity index (χ2v) is 8.73. The first-order chi connectivity index (χ1) is 13.8. The number of nitrogens with one attached hydrogen (secondary N) is 3. The highest BCUT2D eigenvalue weighted by Crippen LogP contribution is 2.34. The summed E-state index contributed by atoms with van der Waals surface area (Å²) in [5, 5.41) is 18.8. The van der Waals surface area contributed by atoms with Crippen LogP contribution in [0.5, 0.6) is 0 Å². The molecule has 0 aromatic heterocycles. The van der Waals surface area contributed by atoms with Crippen molar-refractivity contribution in [2.45, 2.75) is 77.0 Å². The van der Waals surface area contributed by atoms with Crippen molar-refractivity contribution < 1.29 is 19.5 Å². The van der Waals surface area contributed by atoms with E-state index in [1.165, 1.54) is 46.0 Å². The largest absolute Gasteiger partial charge is 0.391 e. The molecule has 5 atom stereocenters. The van der Waals surface area contributed by atoms with Crippen LogP contribution >= 0.6 is 0 Å². The van der Waals surface area contributed by atoms with Gasteiger partial charge in [-0.05, 0) is 51.6 Å². The fourth-order valence-corrected chi connectivity index (χ4v) is 4.62. The van der Waals surface area contributed by atoms with E-state index in [1.807, 2.05) is 0 Å². The minimum atomic E-state index is -1.10. The van der Waals surface area contributed by atoms with Crippen LogP contribution in [0, 0.1) is 17.8 Å². The molecule has 2 aliphatic rings. The molecule has 1 saturated heterocycles. The van der Waals surface area contributed by atoms with Crippen molar-refractivity contribution in [1.82, 2.24) is 16.0 Å². The van der Waals surface area contributed by atoms with Crippen LogP contribution in [0.3, 0.4) is 0 Å². The highest BCUT2D eigenvalue weighted by Gasteiger charge is 2.35. The standard InChI is InChI=1S/C21H38N4O4/c1-13(26)18(8-9-22)24-21(29)19(14(2)27)25-20(28)17-10-16(11-23-12-17)15-6-4-3-5-7-15/h14-19,23,27H,3-12,22H2,1-2H3,(H,24,29)(H,25,28)/t14-,16?,17-,18-,19-/m0/s1. The second kappa shape index (κ2) is 11.6. The zero-order valence-electron chi connectivity index (χ0n) is 17.8. The van der Waals surface area contributed by atoms with Crippen LogP contribution < -0.4 is 21.7 Å². The predicted octanol–water partition coefficient (Wildman–Crippen LogP) is 0.0806. The monoisotopic (exact) mass is 410 g/mol. The van der Waals surface area contributed by atoms with E-state index in [4.69, 9.17) is 5.73 Å². The van der Waals surface area contributed by atoms with Crippen molar-refractivity contribution in [2.24, 2.45) is 23.5 Å². The third-order valence-electron chi connectivity index (χ3n) is 6.40. The summed E-state index contributed by atoms with van der Waals surface area (Å²) < 4.78 is 0. The van der Waals surface area contributed by atoms with Gasteiger partial charge < -0.3 is 26.8 Å². The molecular weight excluding hydrogens is 372 g/mol. The molecule has 0 radical (unpaired) electrons. The highest BCUT2D eigenvalue weighted by atomic mass is 16.3. The average Bonchev–Trinajstić information content (AvgIpc) is 2.71. The Bertz CT molecular complexity index is 563. The fourth-order valence-electron chi connectivity index (χ4n) is 4.62. The van der Waals surface area contributed by atoms with Crippen LogP contribution in [0.15, 0.2) is 0 Å².